The number of ether oxygens (including phenoxy) is 1. The molecular weight excluding hydrogens is 304 g/mol. The van der Waals surface area contributed by atoms with E-state index in [1.165, 1.54) is 18.3 Å². The van der Waals surface area contributed by atoms with Gasteiger partial charge in [0.1, 0.15) is 0 Å². The van der Waals surface area contributed by atoms with Crippen molar-refractivity contribution in [3.05, 3.63) is 23.8 Å². The fraction of sp³-hybridized carbons (Fsp3) is 0.700. The summed E-state index contributed by atoms with van der Waals surface area (Å²) in [6.45, 7) is 6.10. The predicted molar refractivity (Wildman–Crippen MR) is 89.1 cm³/mol. The molecule has 0 heterocycles. The molecule has 4 rings (SSSR count). The quantitative estimate of drug-likeness (QED) is 0.621. The van der Waals surface area contributed by atoms with Crippen LogP contribution in [-0.4, -0.2) is 24.2 Å². The lowest BCUT2D eigenvalue weighted by Gasteiger charge is -2.41. The maximum atomic E-state index is 12.9. The molecule has 0 aromatic heterocycles. The molecule has 0 aromatic carbocycles. The number of hydrogen-bond donors (Lipinski definition) is 1. The predicted octanol–water partition coefficient (Wildman–Crippen LogP) is 3.58. The van der Waals surface area contributed by atoms with Gasteiger partial charge in [0.15, 0.2) is 0 Å². The first-order valence-corrected chi connectivity index (χ1v) is 9.04. The van der Waals surface area contributed by atoms with Gasteiger partial charge in [-0.2, -0.15) is 0 Å². The molecule has 1 spiro atoms. The summed E-state index contributed by atoms with van der Waals surface area (Å²) in [7, 11) is 1.43. The first-order chi connectivity index (χ1) is 11.3. The van der Waals surface area contributed by atoms with E-state index in [0.717, 1.165) is 32.1 Å². The number of methoxy groups -OCH3 is 1. The van der Waals surface area contributed by atoms with Crippen LogP contribution in [0.4, 0.5) is 0 Å². The normalized spacial score (nSPS) is 46.1. The molecule has 0 amide bonds. The van der Waals surface area contributed by atoms with Crippen LogP contribution in [0.15, 0.2) is 23.8 Å². The summed E-state index contributed by atoms with van der Waals surface area (Å²) in [5.41, 5.74) is 1.44. The lowest BCUT2D eigenvalue weighted by molar-refractivity contribution is -0.160. The molecular formula is C20H26O4. The van der Waals surface area contributed by atoms with Crippen LogP contribution < -0.4 is 0 Å². The molecule has 2 bridgehead atoms. The highest BCUT2D eigenvalue weighted by Gasteiger charge is 2.69. The molecule has 4 aliphatic rings. The number of allylic oxidation sites excluding steroid dienone is 3. The van der Waals surface area contributed by atoms with E-state index in [0.29, 0.717) is 18.3 Å². The zero-order chi connectivity index (χ0) is 17.3. The smallest absolute Gasteiger partial charge is 0.309 e. The van der Waals surface area contributed by atoms with Gasteiger partial charge < -0.3 is 9.84 Å². The highest BCUT2D eigenvalue weighted by molar-refractivity contribution is 5.81. The van der Waals surface area contributed by atoms with E-state index >= 15 is 0 Å². The van der Waals surface area contributed by atoms with Gasteiger partial charge in [-0.3, -0.25) is 9.59 Å². The summed E-state index contributed by atoms with van der Waals surface area (Å²) < 4.78 is 5.20. The molecule has 130 valence electrons. The van der Waals surface area contributed by atoms with Gasteiger partial charge in [0.05, 0.1) is 18.4 Å². The van der Waals surface area contributed by atoms with Gasteiger partial charge in [-0.05, 0) is 62.7 Å². The summed E-state index contributed by atoms with van der Waals surface area (Å²) in [4.78, 5) is 25.0. The van der Waals surface area contributed by atoms with Crippen LogP contribution in [0.2, 0.25) is 0 Å². The Bertz CT molecular complexity index is 663. The SMILES string of the molecule is C=C1C[C@]23C[C@H]1CC[C@H]2C1=CCC[C@@](C)(C(=O)O)[C@H]1[C@@H]3C(=O)OC. The summed E-state index contributed by atoms with van der Waals surface area (Å²) in [5.74, 6) is -0.770. The largest absolute Gasteiger partial charge is 0.481 e. The molecule has 3 fully saturated rings. The number of carbonyl (C=O) groups excluding carboxylic acids is 1. The molecule has 24 heavy (non-hydrogen) atoms. The van der Waals surface area contributed by atoms with E-state index in [4.69, 9.17) is 4.74 Å². The summed E-state index contributed by atoms with van der Waals surface area (Å²) in [6.07, 6.45) is 7.62. The lowest BCUT2D eigenvalue weighted by Crippen LogP contribution is -2.45. The third-order valence-electron chi connectivity index (χ3n) is 7.65. The molecule has 4 nitrogen and oxygen atoms in total. The van der Waals surface area contributed by atoms with E-state index in [9.17, 15) is 14.7 Å². The maximum absolute atomic E-state index is 12.9. The van der Waals surface area contributed by atoms with Gasteiger partial charge in [0, 0.05) is 5.92 Å². The second-order valence-corrected chi connectivity index (χ2v) is 8.54. The average Bonchev–Trinajstić information content (AvgIpc) is 2.98. The second-order valence-electron chi connectivity index (χ2n) is 8.54. The van der Waals surface area contributed by atoms with E-state index in [1.807, 2.05) is 6.92 Å². The second kappa shape index (κ2) is 4.96. The van der Waals surface area contributed by atoms with E-state index in [1.54, 1.807) is 0 Å². The highest BCUT2D eigenvalue weighted by atomic mass is 16.5. The third-order valence-corrected chi connectivity index (χ3v) is 7.65. The highest BCUT2D eigenvalue weighted by Crippen LogP contribution is 2.72. The number of hydrogen-bond acceptors (Lipinski definition) is 3. The van der Waals surface area contributed by atoms with Crippen LogP contribution in [0.25, 0.3) is 0 Å². The van der Waals surface area contributed by atoms with Crippen LogP contribution in [0.3, 0.4) is 0 Å². The van der Waals surface area contributed by atoms with Gasteiger partial charge in [-0.25, -0.2) is 0 Å². The fourth-order valence-corrected chi connectivity index (χ4v) is 6.60. The fourth-order valence-electron chi connectivity index (χ4n) is 6.60. The third kappa shape index (κ3) is 1.75. The molecule has 0 radical (unpaired) electrons. The summed E-state index contributed by atoms with van der Waals surface area (Å²) >= 11 is 0. The van der Waals surface area contributed by atoms with Crippen LogP contribution in [0, 0.1) is 34.5 Å². The minimum Gasteiger partial charge on any atom is -0.481 e. The minimum atomic E-state index is -0.881. The Labute approximate surface area is 143 Å². The first kappa shape index (κ1) is 15.9. The van der Waals surface area contributed by atoms with E-state index in [-0.39, 0.29) is 23.2 Å². The Balaban J connectivity index is 1.90. The standard InChI is InChI=1S/C20H26O4/c1-11-9-20-10-12(11)6-7-14(20)13-5-4-8-19(2,18(22)23)15(13)16(20)17(21)24-3/h5,12,14-16H,1,4,6-10H2,2-3H3,(H,22,23)/t12-,14+,15-,16-,19-,20+/m1/s1. The van der Waals surface area contributed by atoms with Gasteiger partial charge in [-0.1, -0.05) is 23.8 Å². The molecule has 0 unspecified atom stereocenters. The zero-order valence-corrected chi connectivity index (χ0v) is 14.5. The van der Waals surface area contributed by atoms with Crippen LogP contribution >= 0.6 is 0 Å². The van der Waals surface area contributed by atoms with Crippen molar-refractivity contribution in [1.82, 2.24) is 0 Å². The average molecular weight is 330 g/mol. The molecule has 0 aliphatic heterocycles. The van der Waals surface area contributed by atoms with Crippen molar-refractivity contribution in [2.75, 3.05) is 7.11 Å². The van der Waals surface area contributed by atoms with E-state index in [2.05, 4.69) is 12.7 Å². The number of aliphatic carboxylic acids is 1. The Morgan fingerprint density at radius 1 is 1.38 bits per heavy atom. The van der Waals surface area contributed by atoms with Gasteiger partial charge >= 0.3 is 11.9 Å². The van der Waals surface area contributed by atoms with Crippen molar-refractivity contribution in [2.45, 2.75) is 45.4 Å². The Morgan fingerprint density at radius 2 is 2.12 bits per heavy atom. The Morgan fingerprint density at radius 3 is 2.79 bits per heavy atom. The van der Waals surface area contributed by atoms with Crippen molar-refractivity contribution in [2.24, 2.45) is 34.5 Å². The van der Waals surface area contributed by atoms with Crippen LogP contribution in [-0.2, 0) is 14.3 Å². The number of carboxylic acids is 1. The topological polar surface area (TPSA) is 63.6 Å². The number of carbonyl (C=O) groups is 2. The Hall–Kier alpha value is -1.58. The van der Waals surface area contributed by atoms with Crippen LogP contribution in [0.5, 0.6) is 0 Å². The summed E-state index contributed by atoms with van der Waals surface area (Å²) in [6, 6.07) is 0. The van der Waals surface area contributed by atoms with Crippen molar-refractivity contribution >= 4 is 11.9 Å². The van der Waals surface area contributed by atoms with Crippen molar-refractivity contribution in [3.8, 4) is 0 Å². The summed E-state index contributed by atoms with van der Waals surface area (Å²) in [5, 5.41) is 9.97. The zero-order valence-electron chi connectivity index (χ0n) is 14.5. The van der Waals surface area contributed by atoms with Crippen molar-refractivity contribution in [1.29, 1.82) is 0 Å². The molecule has 3 saturated carbocycles. The monoisotopic (exact) mass is 330 g/mol. The lowest BCUT2D eigenvalue weighted by atomic mass is 9.61. The van der Waals surface area contributed by atoms with Gasteiger partial charge in [0.2, 0.25) is 0 Å². The molecule has 6 atom stereocenters. The number of esters is 1. The van der Waals surface area contributed by atoms with E-state index < -0.39 is 11.4 Å². The molecule has 0 aromatic rings. The molecule has 0 saturated heterocycles. The van der Waals surface area contributed by atoms with Gasteiger partial charge in [-0.15, -0.1) is 0 Å². The molecule has 4 aliphatic carbocycles. The minimum absolute atomic E-state index is 0.162. The molecule has 1 N–H and O–H groups in total. The number of rotatable bonds is 2. The maximum Gasteiger partial charge on any atom is 0.309 e. The van der Waals surface area contributed by atoms with Gasteiger partial charge in [0.25, 0.3) is 0 Å². The van der Waals surface area contributed by atoms with Crippen molar-refractivity contribution < 1.29 is 19.4 Å². The number of fused-ring (bicyclic) bond motifs is 3. The Kier molecular flexibility index (Phi) is 3.29. The van der Waals surface area contributed by atoms with Crippen LogP contribution in [0.1, 0.15) is 45.4 Å². The molecule has 4 heteroatoms. The first-order valence-electron chi connectivity index (χ1n) is 9.04. The van der Waals surface area contributed by atoms with Crippen molar-refractivity contribution in [3.63, 3.8) is 0 Å². The number of carboxylic acid groups (broad SMARTS) is 1.